The molecule has 0 saturated heterocycles. The molecule has 0 bridgehead atoms. The first kappa shape index (κ1) is 19.1. The van der Waals surface area contributed by atoms with E-state index in [2.05, 4.69) is 0 Å². The zero-order valence-electron chi connectivity index (χ0n) is 15.8. The molecular weight excluding hydrogens is 316 g/mol. The molecule has 2 aromatic carbocycles. The maximum Gasteiger partial charge on any atom is 0.338 e. The van der Waals surface area contributed by atoms with Crippen molar-refractivity contribution in [1.82, 2.24) is 0 Å². The largest absolute Gasteiger partial charge is 0.454 e. The molecular formula is C21H26O4. The lowest BCUT2D eigenvalue weighted by Crippen LogP contribution is -2.37. The van der Waals surface area contributed by atoms with Crippen molar-refractivity contribution in [1.29, 1.82) is 0 Å². The topological polar surface area (TPSA) is 52.6 Å². The minimum absolute atomic E-state index is 0.0194. The molecule has 0 amide bonds. The Kier molecular flexibility index (Phi) is 5.33. The number of carbonyl (C=O) groups excluding carboxylic acids is 2. The molecule has 2 aromatic rings. The molecule has 4 heteroatoms. The predicted octanol–water partition coefficient (Wildman–Crippen LogP) is 4.79. The number of ether oxygens (including phenoxy) is 2. The van der Waals surface area contributed by atoms with E-state index < -0.39 is 5.60 Å². The van der Waals surface area contributed by atoms with Crippen LogP contribution in [0.25, 0.3) is 10.8 Å². The summed E-state index contributed by atoms with van der Waals surface area (Å²) in [6.45, 7) is 11.4. The van der Waals surface area contributed by atoms with E-state index in [4.69, 9.17) is 9.47 Å². The van der Waals surface area contributed by atoms with Crippen molar-refractivity contribution in [3.63, 3.8) is 0 Å². The quantitative estimate of drug-likeness (QED) is 0.579. The summed E-state index contributed by atoms with van der Waals surface area (Å²) in [6.07, 6.45) is 0. The molecule has 0 fully saturated rings. The Hall–Kier alpha value is -2.20. The molecule has 0 spiro atoms. The Labute approximate surface area is 149 Å². The minimum Gasteiger partial charge on any atom is -0.454 e. The van der Waals surface area contributed by atoms with Gasteiger partial charge in [-0.05, 0) is 70.5 Å². The van der Waals surface area contributed by atoms with E-state index in [-0.39, 0.29) is 17.4 Å². The molecule has 0 radical (unpaired) electrons. The van der Waals surface area contributed by atoms with Crippen molar-refractivity contribution >= 4 is 22.5 Å². The Morgan fingerprint density at radius 3 is 1.92 bits per heavy atom. The summed E-state index contributed by atoms with van der Waals surface area (Å²) < 4.78 is 11.3. The normalized spacial score (nSPS) is 12.2. The van der Waals surface area contributed by atoms with Crippen LogP contribution in [0.15, 0.2) is 36.4 Å². The van der Waals surface area contributed by atoms with E-state index in [1.54, 1.807) is 18.2 Å². The van der Waals surface area contributed by atoms with E-state index >= 15 is 0 Å². The Balaban J connectivity index is 2.16. The van der Waals surface area contributed by atoms with Gasteiger partial charge in [0.15, 0.2) is 5.78 Å². The highest BCUT2D eigenvalue weighted by molar-refractivity contribution is 6.00. The van der Waals surface area contributed by atoms with Crippen LogP contribution in [-0.4, -0.2) is 29.6 Å². The third-order valence-corrected chi connectivity index (χ3v) is 3.70. The van der Waals surface area contributed by atoms with E-state index in [9.17, 15) is 9.59 Å². The highest BCUT2D eigenvalue weighted by Gasteiger charge is 2.26. The number of hydrogen-bond donors (Lipinski definition) is 0. The first-order chi connectivity index (χ1) is 11.5. The van der Waals surface area contributed by atoms with Gasteiger partial charge >= 0.3 is 5.97 Å². The van der Waals surface area contributed by atoms with Gasteiger partial charge in [-0.15, -0.1) is 0 Å². The molecule has 0 unspecified atom stereocenters. The number of benzene rings is 2. The van der Waals surface area contributed by atoms with E-state index in [1.807, 2.05) is 52.8 Å². The van der Waals surface area contributed by atoms with Crippen LogP contribution in [0.2, 0.25) is 0 Å². The fraction of sp³-hybridized carbons (Fsp3) is 0.429. The molecule has 0 aliphatic rings. The summed E-state index contributed by atoms with van der Waals surface area (Å²) in [4.78, 5) is 23.9. The molecule has 0 aliphatic carbocycles. The molecule has 4 nitrogen and oxygen atoms in total. The van der Waals surface area contributed by atoms with Crippen LogP contribution in [0, 0.1) is 0 Å². The van der Waals surface area contributed by atoms with Crippen molar-refractivity contribution < 1.29 is 19.1 Å². The second-order valence-corrected chi connectivity index (χ2v) is 7.88. The van der Waals surface area contributed by atoms with Crippen LogP contribution < -0.4 is 0 Å². The summed E-state index contributed by atoms with van der Waals surface area (Å²) in [5, 5.41) is 1.81. The lowest BCUT2D eigenvalue weighted by molar-refractivity contribution is -0.0917. The molecule has 0 aliphatic heterocycles. The zero-order chi connectivity index (χ0) is 18.8. The summed E-state index contributed by atoms with van der Waals surface area (Å²) in [6, 6.07) is 10.8. The van der Waals surface area contributed by atoms with Gasteiger partial charge in [0.1, 0.15) is 5.60 Å². The van der Waals surface area contributed by atoms with Crippen molar-refractivity contribution in [3.8, 4) is 0 Å². The first-order valence-electron chi connectivity index (χ1n) is 8.39. The van der Waals surface area contributed by atoms with Gasteiger partial charge in [0.05, 0.1) is 17.8 Å². The predicted molar refractivity (Wildman–Crippen MR) is 99.2 cm³/mol. The SMILES string of the molecule is CC(=O)c1ccc2cc(C(=O)OC(C)(C)COC(C)(C)C)ccc2c1. The number of carbonyl (C=O) groups is 2. The number of fused-ring (bicyclic) bond motifs is 1. The lowest BCUT2D eigenvalue weighted by Gasteiger charge is -2.29. The Morgan fingerprint density at radius 1 is 0.880 bits per heavy atom. The average Bonchev–Trinajstić information content (AvgIpc) is 2.51. The van der Waals surface area contributed by atoms with Crippen molar-refractivity contribution in [2.75, 3.05) is 6.61 Å². The lowest BCUT2D eigenvalue weighted by atomic mass is 10.0. The number of ketones is 1. The summed E-state index contributed by atoms with van der Waals surface area (Å²) in [7, 11) is 0. The smallest absolute Gasteiger partial charge is 0.338 e. The van der Waals surface area contributed by atoms with Crippen molar-refractivity contribution in [2.24, 2.45) is 0 Å². The molecule has 25 heavy (non-hydrogen) atoms. The first-order valence-corrected chi connectivity index (χ1v) is 8.39. The van der Waals surface area contributed by atoms with Gasteiger partial charge in [-0.1, -0.05) is 18.2 Å². The number of esters is 1. The average molecular weight is 342 g/mol. The summed E-state index contributed by atoms with van der Waals surface area (Å²) in [5.74, 6) is -0.369. The summed E-state index contributed by atoms with van der Waals surface area (Å²) >= 11 is 0. The number of Topliss-reactive ketones (excluding diaryl/α,β-unsaturated/α-hetero) is 1. The van der Waals surface area contributed by atoms with Gasteiger partial charge in [0, 0.05) is 5.56 Å². The van der Waals surface area contributed by atoms with Gasteiger partial charge in [0.2, 0.25) is 0 Å². The van der Waals surface area contributed by atoms with E-state index in [0.29, 0.717) is 17.7 Å². The van der Waals surface area contributed by atoms with E-state index in [0.717, 1.165) is 10.8 Å². The zero-order valence-corrected chi connectivity index (χ0v) is 15.8. The minimum atomic E-state index is -0.724. The van der Waals surface area contributed by atoms with Gasteiger partial charge in [0.25, 0.3) is 0 Å². The van der Waals surface area contributed by atoms with Crippen LogP contribution in [0.5, 0.6) is 0 Å². The van der Waals surface area contributed by atoms with Crippen LogP contribution in [-0.2, 0) is 9.47 Å². The fourth-order valence-corrected chi connectivity index (χ4v) is 2.32. The van der Waals surface area contributed by atoms with Crippen molar-refractivity contribution in [3.05, 3.63) is 47.5 Å². The maximum atomic E-state index is 12.5. The molecule has 2 rings (SSSR count). The second kappa shape index (κ2) is 6.96. The van der Waals surface area contributed by atoms with Gasteiger partial charge in [-0.3, -0.25) is 4.79 Å². The van der Waals surface area contributed by atoms with Crippen molar-refractivity contribution in [2.45, 2.75) is 52.7 Å². The molecule has 134 valence electrons. The van der Waals surface area contributed by atoms with Crippen LogP contribution >= 0.6 is 0 Å². The monoisotopic (exact) mass is 342 g/mol. The third kappa shape index (κ3) is 5.40. The second-order valence-electron chi connectivity index (χ2n) is 7.88. The third-order valence-electron chi connectivity index (χ3n) is 3.70. The molecule has 0 N–H and O–H groups in total. The van der Waals surface area contributed by atoms with Gasteiger partial charge in [-0.2, -0.15) is 0 Å². The fourth-order valence-electron chi connectivity index (χ4n) is 2.32. The van der Waals surface area contributed by atoms with Gasteiger partial charge < -0.3 is 9.47 Å². The van der Waals surface area contributed by atoms with Crippen LogP contribution in [0.1, 0.15) is 62.3 Å². The van der Waals surface area contributed by atoms with Crippen LogP contribution in [0.3, 0.4) is 0 Å². The van der Waals surface area contributed by atoms with Gasteiger partial charge in [-0.25, -0.2) is 4.79 Å². The standard InChI is InChI=1S/C21H26O4/c1-14(22)15-7-8-17-12-18(10-9-16(17)11-15)19(23)25-21(5,6)13-24-20(2,3)4/h7-12H,13H2,1-6H3. The Bertz CT molecular complexity index is 797. The molecule has 0 heterocycles. The molecule has 0 saturated carbocycles. The Morgan fingerprint density at radius 2 is 1.40 bits per heavy atom. The van der Waals surface area contributed by atoms with E-state index in [1.165, 1.54) is 6.92 Å². The number of hydrogen-bond acceptors (Lipinski definition) is 4. The highest BCUT2D eigenvalue weighted by Crippen LogP contribution is 2.21. The highest BCUT2D eigenvalue weighted by atomic mass is 16.6. The van der Waals surface area contributed by atoms with Crippen LogP contribution in [0.4, 0.5) is 0 Å². The summed E-state index contributed by atoms with van der Waals surface area (Å²) in [5.41, 5.74) is 0.119. The number of rotatable bonds is 5. The molecule has 0 aromatic heterocycles. The maximum absolute atomic E-state index is 12.5. The molecule has 0 atom stereocenters.